The molecule has 0 aromatic heterocycles. The summed E-state index contributed by atoms with van der Waals surface area (Å²) in [5, 5.41) is 10.5. The maximum Gasteiger partial charge on any atom is 0.319 e. The van der Waals surface area contributed by atoms with Crippen molar-refractivity contribution in [2.75, 3.05) is 25.1 Å². The predicted molar refractivity (Wildman–Crippen MR) is 114 cm³/mol. The molecule has 0 saturated carbocycles. The van der Waals surface area contributed by atoms with Crippen LogP contribution in [0.5, 0.6) is 17.2 Å². The fourth-order valence-electron chi connectivity index (χ4n) is 2.62. The molecule has 0 fully saturated rings. The number of hydrogen-bond donors (Lipinski definition) is 3. The molecule has 0 unspecified atom stereocenters. The molecule has 0 radical (unpaired) electrons. The highest BCUT2D eigenvalue weighted by Crippen LogP contribution is 2.40. The quantitative estimate of drug-likeness (QED) is 0.524. The van der Waals surface area contributed by atoms with Crippen molar-refractivity contribution in [1.82, 2.24) is 5.32 Å². The number of amides is 2. The van der Waals surface area contributed by atoms with Gasteiger partial charge in [-0.25, -0.2) is 18.4 Å². The number of anilines is 1. The van der Waals surface area contributed by atoms with Gasteiger partial charge in [-0.15, -0.1) is 0 Å². The molecule has 0 aliphatic rings. The number of hydrogen-bond acceptors (Lipinski definition) is 6. The first kappa shape index (κ1) is 23.3. The average Bonchev–Trinajstić information content (AvgIpc) is 2.69. The molecule has 0 saturated heterocycles. The van der Waals surface area contributed by atoms with Gasteiger partial charge in [0.15, 0.2) is 11.5 Å². The number of carbonyl (C=O) groups excluding carboxylic acids is 1. The number of benzene rings is 2. The first-order chi connectivity index (χ1) is 14.3. The number of primary sulfonamides is 1. The van der Waals surface area contributed by atoms with E-state index >= 15 is 0 Å². The van der Waals surface area contributed by atoms with Gasteiger partial charge in [0.25, 0.3) is 0 Å². The summed E-state index contributed by atoms with van der Waals surface area (Å²) < 4.78 is 39.5. The summed E-state index contributed by atoms with van der Waals surface area (Å²) in [7, 11) is -3.75. The van der Waals surface area contributed by atoms with E-state index in [1.807, 2.05) is 20.8 Å². The number of ether oxygens (including phenoxy) is 3. The summed E-state index contributed by atoms with van der Waals surface area (Å²) in [6.07, 6.45) is 0. The zero-order chi connectivity index (χ0) is 22.1. The highest BCUT2D eigenvalue weighted by Gasteiger charge is 2.16. The zero-order valence-electron chi connectivity index (χ0n) is 17.2. The van der Waals surface area contributed by atoms with Gasteiger partial charge >= 0.3 is 6.03 Å². The van der Waals surface area contributed by atoms with Crippen LogP contribution in [0.1, 0.15) is 26.3 Å². The molecule has 10 heteroatoms. The Labute approximate surface area is 176 Å². The summed E-state index contributed by atoms with van der Waals surface area (Å²) in [6, 6.07) is 8.82. The number of carbonyl (C=O) groups is 1. The Hall–Kier alpha value is -2.98. The Morgan fingerprint density at radius 1 is 0.933 bits per heavy atom. The van der Waals surface area contributed by atoms with Gasteiger partial charge < -0.3 is 24.8 Å². The average molecular weight is 438 g/mol. The first-order valence-electron chi connectivity index (χ1n) is 9.51. The third kappa shape index (κ3) is 6.53. The van der Waals surface area contributed by atoms with Crippen molar-refractivity contribution in [3.8, 4) is 17.2 Å². The van der Waals surface area contributed by atoms with Crippen LogP contribution in [0.15, 0.2) is 41.3 Å². The van der Waals surface area contributed by atoms with Gasteiger partial charge in [0.05, 0.1) is 30.4 Å². The van der Waals surface area contributed by atoms with Gasteiger partial charge in [-0.3, -0.25) is 0 Å². The molecule has 0 aliphatic carbocycles. The Balaban J connectivity index is 2.09. The Bertz CT molecular complexity index is 934. The molecule has 4 N–H and O–H groups in total. The first-order valence-corrected chi connectivity index (χ1v) is 11.1. The van der Waals surface area contributed by atoms with E-state index in [4.69, 9.17) is 19.3 Å². The third-order valence-electron chi connectivity index (χ3n) is 3.87. The van der Waals surface area contributed by atoms with Crippen LogP contribution in [-0.4, -0.2) is 34.3 Å². The van der Waals surface area contributed by atoms with E-state index in [-0.39, 0.29) is 11.4 Å². The molecule has 2 aromatic rings. The zero-order valence-corrected chi connectivity index (χ0v) is 18.0. The van der Waals surface area contributed by atoms with E-state index in [1.165, 1.54) is 12.1 Å². The molecule has 9 nitrogen and oxygen atoms in total. The minimum absolute atomic E-state index is 0.0111. The van der Waals surface area contributed by atoms with Crippen molar-refractivity contribution >= 4 is 21.7 Å². The molecule has 0 aliphatic heterocycles. The molecule has 164 valence electrons. The number of sulfonamides is 1. The lowest BCUT2D eigenvalue weighted by atomic mass is 10.2. The van der Waals surface area contributed by atoms with Gasteiger partial charge in [0.2, 0.25) is 15.8 Å². The summed E-state index contributed by atoms with van der Waals surface area (Å²) in [4.78, 5) is 12.3. The van der Waals surface area contributed by atoms with Crippen LogP contribution >= 0.6 is 0 Å². The fraction of sp³-hybridized carbons (Fsp3) is 0.350. The second-order valence-electron chi connectivity index (χ2n) is 6.10. The van der Waals surface area contributed by atoms with Gasteiger partial charge in [0.1, 0.15) is 0 Å². The van der Waals surface area contributed by atoms with Crippen LogP contribution < -0.4 is 30.0 Å². The Kier molecular flexibility index (Phi) is 8.31. The van der Waals surface area contributed by atoms with Crippen molar-refractivity contribution in [3.63, 3.8) is 0 Å². The van der Waals surface area contributed by atoms with Crippen LogP contribution in [0.2, 0.25) is 0 Å². The standard InChI is InChI=1S/C20H27N3O6S/c1-4-27-17-11-15(12-18(28-5-2)19(17)29-6-3)23-20(24)22-13-14-7-9-16(10-8-14)30(21,25)26/h7-12H,4-6,13H2,1-3H3,(H2,21,25,26)(H2,22,23,24). The third-order valence-corrected chi connectivity index (χ3v) is 4.80. The molecule has 0 bridgehead atoms. The number of nitrogens with one attached hydrogen (secondary N) is 2. The van der Waals surface area contributed by atoms with Gasteiger partial charge in [-0.2, -0.15) is 0 Å². The number of urea groups is 1. The molecular weight excluding hydrogens is 410 g/mol. The van der Waals surface area contributed by atoms with Gasteiger partial charge in [0, 0.05) is 18.7 Å². The second-order valence-corrected chi connectivity index (χ2v) is 7.66. The maximum atomic E-state index is 12.3. The Morgan fingerprint density at radius 3 is 1.93 bits per heavy atom. The lowest BCUT2D eigenvalue weighted by Gasteiger charge is -2.17. The van der Waals surface area contributed by atoms with E-state index in [1.54, 1.807) is 24.3 Å². The van der Waals surface area contributed by atoms with E-state index in [2.05, 4.69) is 10.6 Å². The van der Waals surface area contributed by atoms with E-state index in [0.717, 1.165) is 0 Å². The Morgan fingerprint density at radius 2 is 1.47 bits per heavy atom. The normalized spacial score (nSPS) is 10.9. The second kappa shape index (κ2) is 10.7. The fourth-order valence-corrected chi connectivity index (χ4v) is 3.13. The summed E-state index contributed by atoms with van der Waals surface area (Å²) in [5.74, 6) is 1.43. The smallest absolute Gasteiger partial charge is 0.319 e. The van der Waals surface area contributed by atoms with Crippen LogP contribution in [-0.2, 0) is 16.6 Å². The maximum absolute atomic E-state index is 12.3. The molecular formula is C20H27N3O6S. The molecule has 2 rings (SSSR count). The van der Waals surface area contributed by atoms with Crippen molar-refractivity contribution in [2.45, 2.75) is 32.2 Å². The molecule has 0 spiro atoms. The van der Waals surface area contributed by atoms with Crippen molar-refractivity contribution < 1.29 is 27.4 Å². The predicted octanol–water partition coefficient (Wildman–Crippen LogP) is 2.85. The summed E-state index contributed by atoms with van der Waals surface area (Å²) in [6.45, 7) is 7.06. The highest BCUT2D eigenvalue weighted by atomic mass is 32.2. The van der Waals surface area contributed by atoms with Gasteiger partial charge in [-0.1, -0.05) is 12.1 Å². The molecule has 30 heavy (non-hydrogen) atoms. The minimum atomic E-state index is -3.75. The molecule has 2 aromatic carbocycles. The topological polar surface area (TPSA) is 129 Å². The van der Waals surface area contributed by atoms with Crippen LogP contribution in [0.4, 0.5) is 10.5 Å². The van der Waals surface area contributed by atoms with Crippen molar-refractivity contribution in [1.29, 1.82) is 0 Å². The SMILES string of the molecule is CCOc1cc(NC(=O)NCc2ccc(S(N)(=O)=O)cc2)cc(OCC)c1OCC. The van der Waals surface area contributed by atoms with E-state index in [9.17, 15) is 13.2 Å². The highest BCUT2D eigenvalue weighted by molar-refractivity contribution is 7.89. The lowest BCUT2D eigenvalue weighted by Crippen LogP contribution is -2.28. The summed E-state index contributed by atoms with van der Waals surface area (Å²) in [5.41, 5.74) is 1.20. The summed E-state index contributed by atoms with van der Waals surface area (Å²) >= 11 is 0. The molecule has 0 atom stereocenters. The van der Waals surface area contributed by atoms with Crippen molar-refractivity contribution in [3.05, 3.63) is 42.0 Å². The number of rotatable bonds is 10. The van der Waals surface area contributed by atoms with E-state index in [0.29, 0.717) is 48.3 Å². The number of nitrogens with two attached hydrogens (primary N) is 1. The minimum Gasteiger partial charge on any atom is -0.490 e. The molecule has 2 amide bonds. The van der Waals surface area contributed by atoms with Crippen LogP contribution in [0.3, 0.4) is 0 Å². The monoisotopic (exact) mass is 437 g/mol. The van der Waals surface area contributed by atoms with Crippen molar-refractivity contribution in [2.24, 2.45) is 5.14 Å². The van der Waals surface area contributed by atoms with E-state index < -0.39 is 16.1 Å². The van der Waals surface area contributed by atoms with Gasteiger partial charge in [-0.05, 0) is 38.5 Å². The lowest BCUT2D eigenvalue weighted by molar-refractivity contribution is 0.251. The van der Waals surface area contributed by atoms with Crippen LogP contribution in [0, 0.1) is 0 Å². The molecule has 0 heterocycles. The van der Waals surface area contributed by atoms with Crippen LogP contribution in [0.25, 0.3) is 0 Å². The largest absolute Gasteiger partial charge is 0.490 e.